The molecule has 226 valence electrons. The summed E-state index contributed by atoms with van der Waals surface area (Å²) in [7, 11) is 15.4. The molecule has 0 bridgehead atoms. The first-order valence-corrected chi connectivity index (χ1v) is 26.7. The molecule has 0 N–H and O–H groups in total. The molecule has 1 unspecified atom stereocenters. The summed E-state index contributed by atoms with van der Waals surface area (Å²) in [5, 5.41) is 2.97. The van der Waals surface area contributed by atoms with Gasteiger partial charge < -0.3 is 0 Å². The summed E-state index contributed by atoms with van der Waals surface area (Å²) in [6, 6.07) is 38.5. The Morgan fingerprint density at radius 1 is 0.711 bits per heavy atom. The summed E-state index contributed by atoms with van der Waals surface area (Å²) in [4.78, 5) is 0. The number of aryl methyl sites for hydroxylation is 1. The van der Waals surface area contributed by atoms with E-state index in [1.54, 1.807) is 0 Å². The van der Waals surface area contributed by atoms with Crippen molar-refractivity contribution in [2.24, 2.45) is 0 Å². The molecule has 0 nitrogen and oxygen atoms in total. The van der Waals surface area contributed by atoms with E-state index in [0.717, 1.165) is 6.42 Å². The molecule has 1 atom stereocenters. The predicted octanol–water partition coefficient (Wildman–Crippen LogP) is 9.65. The van der Waals surface area contributed by atoms with Crippen LogP contribution >= 0.6 is 17.0 Å². The second kappa shape index (κ2) is 12.3. The Hall–Kier alpha value is -2.48. The number of fused-ring (bicyclic) bond motifs is 4. The second-order valence-electron chi connectivity index (χ2n) is 13.3. The number of hydrogen-bond acceptors (Lipinski definition) is 0. The minimum absolute atomic E-state index is 0.00764. The number of allylic oxidation sites excluding steroid dienone is 1. The van der Waals surface area contributed by atoms with Gasteiger partial charge in [0.05, 0.1) is 0 Å². The van der Waals surface area contributed by atoms with Crippen molar-refractivity contribution in [2.45, 2.75) is 56.5 Å². The van der Waals surface area contributed by atoms with Crippen LogP contribution in [0.5, 0.6) is 0 Å². The van der Waals surface area contributed by atoms with E-state index < -0.39 is 27.4 Å². The van der Waals surface area contributed by atoms with Crippen molar-refractivity contribution in [3.8, 4) is 22.3 Å². The van der Waals surface area contributed by atoms with Gasteiger partial charge in [0.25, 0.3) is 0 Å². The van der Waals surface area contributed by atoms with Crippen LogP contribution in [-0.4, -0.2) is 9.52 Å². The Kier molecular flexibility index (Phi) is 8.49. The molecule has 0 radical (unpaired) electrons. The molecule has 4 heteroatoms. The van der Waals surface area contributed by atoms with Crippen LogP contribution in [0.1, 0.15) is 83.5 Å². The van der Waals surface area contributed by atoms with Crippen molar-refractivity contribution >= 4 is 51.8 Å². The van der Waals surface area contributed by atoms with E-state index in [-0.39, 0.29) is 3.63 Å². The van der Waals surface area contributed by atoms with Crippen molar-refractivity contribution < 1.29 is 17.9 Å². The van der Waals surface area contributed by atoms with Crippen molar-refractivity contribution in [3.63, 3.8) is 0 Å². The number of benzene rings is 5. The van der Waals surface area contributed by atoms with Crippen molar-refractivity contribution in [1.29, 1.82) is 0 Å². The van der Waals surface area contributed by atoms with Gasteiger partial charge in [-0.2, -0.15) is 0 Å². The molecule has 0 fully saturated rings. The van der Waals surface area contributed by atoms with E-state index in [0.29, 0.717) is 11.8 Å². The maximum atomic E-state index is 8.03. The molecular formula is C41H40Cl2SiZr. The Labute approximate surface area is 282 Å². The van der Waals surface area contributed by atoms with Gasteiger partial charge in [-0.05, 0) is 0 Å². The van der Waals surface area contributed by atoms with Crippen molar-refractivity contribution in [2.75, 3.05) is 0 Å². The summed E-state index contributed by atoms with van der Waals surface area (Å²) < 4.78 is 1.27. The van der Waals surface area contributed by atoms with Crippen molar-refractivity contribution in [3.05, 3.63) is 137 Å². The first-order chi connectivity index (χ1) is 21.7. The number of halogens is 2. The monoisotopic (exact) mass is 720 g/mol. The Morgan fingerprint density at radius 3 is 2.07 bits per heavy atom. The fraction of sp³-hybridized carbons (Fsp3) is 0.220. The van der Waals surface area contributed by atoms with E-state index >= 15 is 0 Å². The topological polar surface area (TPSA) is 0 Å². The van der Waals surface area contributed by atoms with Crippen LogP contribution in [0.15, 0.2) is 103 Å². The molecule has 0 spiro atoms. The average Bonchev–Trinajstić information content (AvgIpc) is 3.63. The van der Waals surface area contributed by atoms with Crippen LogP contribution in [0.2, 0.25) is 0 Å². The molecule has 1 heterocycles. The van der Waals surface area contributed by atoms with Gasteiger partial charge >= 0.3 is 285 Å². The van der Waals surface area contributed by atoms with Gasteiger partial charge in [0.1, 0.15) is 0 Å². The van der Waals surface area contributed by atoms with E-state index in [1.165, 1.54) is 74.9 Å². The number of hydrogen-bond donors (Lipinski definition) is 0. The van der Waals surface area contributed by atoms with Gasteiger partial charge in [0.2, 0.25) is 0 Å². The minimum atomic E-state index is -4.15. The third-order valence-electron chi connectivity index (χ3n) is 9.95. The summed E-state index contributed by atoms with van der Waals surface area (Å²) in [5.74, 6) is 0.908. The summed E-state index contributed by atoms with van der Waals surface area (Å²) in [6.07, 6.45) is 3.42. The molecule has 1 aliphatic carbocycles. The van der Waals surface area contributed by atoms with Crippen LogP contribution in [-0.2, 0) is 24.3 Å². The molecule has 0 amide bonds. The molecular weight excluding hydrogens is 683 g/mol. The second-order valence-corrected chi connectivity index (χ2v) is 29.2. The van der Waals surface area contributed by atoms with Crippen LogP contribution in [0.25, 0.3) is 33.9 Å². The first kappa shape index (κ1) is 31.1. The number of rotatable bonds is 7. The summed E-state index contributed by atoms with van der Waals surface area (Å²) in [6.45, 7) is 11.5. The van der Waals surface area contributed by atoms with Gasteiger partial charge in [-0.1, -0.05) is 0 Å². The summed E-state index contributed by atoms with van der Waals surface area (Å²) in [5.41, 5.74) is 14.7. The average molecular weight is 723 g/mol. The standard InChI is InChI=1S/C29H31.C12H9Si.2ClH.Zr/c1-6-21-12-13-23-14-26(22-10-8-7-9-11-22)18-28(23)29(21)27-16-24(19(2)3)15-25(17-27)20(4)5;1-3-7-11-9(5-1)10-6-2-4-8-12(10)13-11;;;/h7-20H,6H2,1-5H3;1-7H,13H2;2*1H;/q;;;;+2/p-2. The zero-order chi connectivity index (χ0) is 31.5. The van der Waals surface area contributed by atoms with Gasteiger partial charge in [-0.25, -0.2) is 0 Å². The Balaban J connectivity index is 1.47. The molecule has 0 saturated heterocycles. The zero-order valence-electron chi connectivity index (χ0n) is 26.8. The molecule has 45 heavy (non-hydrogen) atoms. The van der Waals surface area contributed by atoms with Gasteiger partial charge in [0.15, 0.2) is 0 Å². The van der Waals surface area contributed by atoms with Crippen molar-refractivity contribution in [1.82, 2.24) is 0 Å². The molecule has 1 aliphatic heterocycles. The molecule has 0 aromatic heterocycles. The van der Waals surface area contributed by atoms with Crippen LogP contribution < -0.4 is 13.6 Å². The molecule has 7 rings (SSSR count). The predicted molar refractivity (Wildman–Crippen MR) is 198 cm³/mol. The Bertz CT molecular complexity index is 1930. The van der Waals surface area contributed by atoms with E-state index in [2.05, 4.69) is 144 Å². The van der Waals surface area contributed by atoms with E-state index in [9.17, 15) is 0 Å². The zero-order valence-corrected chi connectivity index (χ0v) is 32.2. The fourth-order valence-electron chi connectivity index (χ4n) is 7.51. The third kappa shape index (κ3) is 5.41. The first-order valence-electron chi connectivity index (χ1n) is 16.4. The quantitative estimate of drug-likeness (QED) is 0.144. The van der Waals surface area contributed by atoms with Crippen LogP contribution in [0.3, 0.4) is 0 Å². The van der Waals surface area contributed by atoms with Gasteiger partial charge in [-0.15, -0.1) is 0 Å². The van der Waals surface area contributed by atoms with Crippen LogP contribution in [0.4, 0.5) is 0 Å². The third-order valence-corrected chi connectivity index (χ3v) is 24.1. The fourth-order valence-corrected chi connectivity index (χ4v) is 24.0. The molecule has 5 aromatic rings. The van der Waals surface area contributed by atoms with Gasteiger partial charge in [0, 0.05) is 0 Å². The SMILES string of the molecule is CCc1ccc2c(c1-c1cc(C(C)C)cc(C(C)C)c1)C=C(c1ccccc1)[CH]2[Zr]([Cl])([Cl])[c]1cccc2c1[SiH2]c1ccccc1-2. The molecule has 5 aromatic carbocycles. The van der Waals surface area contributed by atoms with Gasteiger partial charge in [-0.3, -0.25) is 0 Å². The molecule has 2 aliphatic rings. The summed E-state index contributed by atoms with van der Waals surface area (Å²) >= 11 is -4.15. The normalized spacial score (nSPS) is 15.8. The Morgan fingerprint density at radius 2 is 1.38 bits per heavy atom. The van der Waals surface area contributed by atoms with E-state index in [4.69, 9.17) is 17.0 Å². The molecule has 0 saturated carbocycles. The van der Waals surface area contributed by atoms with Crippen LogP contribution in [0, 0.1) is 0 Å². The van der Waals surface area contributed by atoms with E-state index in [1.807, 2.05) is 0 Å². The maximum absolute atomic E-state index is 8.03.